The standard InChI is InChI=1S/C61H41NS.C55H37NS/c1-5-17-42(18-6-1)45-29-32-50(33-30-45)62(52-38-46(43-19-7-2-8-20-43)37-47(39-52)44-21-9-3-10-22-44)51-34-36-56-55-35-31-49(40-59(55)63-60(56)41-51)61(48-23-11-4-12-24-48)57-27-15-13-25-53(57)54-26-14-16-28-58(54)61;1-4-16-38(17-5-1)39-18-14-19-40(34-39)41-20-15-25-45(35-41)56(44-23-8-3-9-24-44)46-31-33-54-50(37-46)49-36-43(30-32-53(49)57-54)55(42-21-6-2-7-22-42)51-28-12-10-26-47(51)48-27-11-13-29-52(48)55/h1-41H;1-37H. The number of benzene rings is 19. The number of para-hydroxylation sites is 1. The molecule has 23 rings (SSSR count). The lowest BCUT2D eigenvalue weighted by Gasteiger charge is -2.34. The lowest BCUT2D eigenvalue weighted by Crippen LogP contribution is -2.28. The Labute approximate surface area is 708 Å². The first-order valence-corrected chi connectivity index (χ1v) is 42.9. The molecule has 0 spiro atoms. The zero-order valence-electron chi connectivity index (χ0n) is 65.7. The summed E-state index contributed by atoms with van der Waals surface area (Å²) in [7, 11) is 0. The van der Waals surface area contributed by atoms with Crippen LogP contribution in [0, 0.1) is 0 Å². The molecule has 2 aliphatic rings. The van der Waals surface area contributed by atoms with Crippen molar-refractivity contribution in [3.63, 3.8) is 0 Å². The molecule has 0 aliphatic heterocycles. The van der Waals surface area contributed by atoms with Crippen molar-refractivity contribution in [1.82, 2.24) is 0 Å². The molecule has 120 heavy (non-hydrogen) atoms. The van der Waals surface area contributed by atoms with Crippen LogP contribution in [0.4, 0.5) is 34.1 Å². The molecule has 0 amide bonds. The van der Waals surface area contributed by atoms with E-state index in [1.165, 1.54) is 163 Å². The normalized spacial score (nSPS) is 12.6. The number of thiophene rings is 2. The molecule has 21 aromatic rings. The minimum absolute atomic E-state index is 0.438. The SMILES string of the molecule is c1ccc(-c2ccc(N(c3cc(-c4ccccc4)cc(-c4ccccc4)c3)c3ccc4c(c3)sc3cc(C5(c6ccccc6)c6ccccc6-c6ccccc65)ccc34)cc2)cc1.c1ccc(-c2cccc(-c3cccc(N(c4ccccc4)c4ccc5sc6ccc(C7(c8ccccc8)c8ccccc8-c8ccccc87)cc6c5c4)c3)c2)cc1. The van der Waals surface area contributed by atoms with Gasteiger partial charge in [-0.3, -0.25) is 0 Å². The Morgan fingerprint density at radius 3 is 0.975 bits per heavy atom. The average Bonchev–Trinajstić information content (AvgIpc) is 1.53. The predicted molar refractivity (Wildman–Crippen MR) is 510 cm³/mol. The van der Waals surface area contributed by atoms with Gasteiger partial charge in [0.25, 0.3) is 0 Å². The second-order valence-corrected chi connectivity index (χ2v) is 33.5. The van der Waals surface area contributed by atoms with Gasteiger partial charge in [-0.05, 0) is 232 Å². The Bertz CT molecular complexity index is 7240. The third-order valence-electron chi connectivity index (χ3n) is 24.7. The molecule has 0 atom stereocenters. The molecule has 0 fully saturated rings. The number of anilines is 6. The van der Waals surface area contributed by atoms with Crippen molar-refractivity contribution in [3.8, 4) is 77.9 Å². The molecule has 2 nitrogen and oxygen atoms in total. The van der Waals surface area contributed by atoms with Gasteiger partial charge in [-0.25, -0.2) is 0 Å². The van der Waals surface area contributed by atoms with Gasteiger partial charge in [0, 0.05) is 74.5 Å². The highest BCUT2D eigenvalue weighted by atomic mass is 32.1. The van der Waals surface area contributed by atoms with Crippen molar-refractivity contribution < 1.29 is 0 Å². The van der Waals surface area contributed by atoms with Crippen LogP contribution in [0.15, 0.2) is 473 Å². The third kappa shape index (κ3) is 12.4. The summed E-state index contributed by atoms with van der Waals surface area (Å²) < 4.78 is 5.12. The van der Waals surface area contributed by atoms with E-state index < -0.39 is 10.8 Å². The van der Waals surface area contributed by atoms with Gasteiger partial charge >= 0.3 is 0 Å². The first-order valence-electron chi connectivity index (χ1n) is 41.2. The number of fused-ring (bicyclic) bond motifs is 12. The zero-order valence-corrected chi connectivity index (χ0v) is 67.4. The molecule has 0 radical (unpaired) electrons. The maximum Gasteiger partial charge on any atom is 0.0714 e. The monoisotopic (exact) mass is 1560 g/mol. The fourth-order valence-corrected chi connectivity index (χ4v) is 21.5. The molecule has 0 N–H and O–H groups in total. The molecular formula is C116H78N2S2. The summed E-state index contributed by atoms with van der Waals surface area (Å²) in [5.41, 5.74) is 33.5. The summed E-state index contributed by atoms with van der Waals surface area (Å²) in [5.74, 6) is 0. The highest BCUT2D eigenvalue weighted by Gasteiger charge is 2.48. The minimum Gasteiger partial charge on any atom is -0.310 e. The van der Waals surface area contributed by atoms with Crippen LogP contribution in [0.3, 0.4) is 0 Å². The van der Waals surface area contributed by atoms with E-state index in [2.05, 4.69) is 483 Å². The first-order chi connectivity index (χ1) is 59.5. The zero-order chi connectivity index (χ0) is 79.5. The van der Waals surface area contributed by atoms with Gasteiger partial charge in [0.1, 0.15) is 0 Å². The van der Waals surface area contributed by atoms with Gasteiger partial charge in [-0.2, -0.15) is 0 Å². The second kappa shape index (κ2) is 30.4. The van der Waals surface area contributed by atoms with Crippen LogP contribution >= 0.6 is 22.7 Å². The van der Waals surface area contributed by atoms with Crippen LogP contribution in [0.2, 0.25) is 0 Å². The summed E-state index contributed by atoms with van der Waals surface area (Å²) in [6.45, 7) is 0. The molecule has 564 valence electrons. The van der Waals surface area contributed by atoms with Crippen LogP contribution in [-0.2, 0) is 10.8 Å². The Morgan fingerprint density at radius 1 is 0.150 bits per heavy atom. The largest absolute Gasteiger partial charge is 0.310 e. The number of nitrogens with zero attached hydrogens (tertiary/aromatic N) is 2. The van der Waals surface area contributed by atoms with Crippen molar-refractivity contribution in [2.45, 2.75) is 10.8 Å². The van der Waals surface area contributed by atoms with Crippen LogP contribution in [0.1, 0.15) is 44.5 Å². The summed E-state index contributed by atoms with van der Waals surface area (Å²) in [6.07, 6.45) is 0. The summed E-state index contributed by atoms with van der Waals surface area (Å²) in [5, 5.41) is 5.11. The van der Waals surface area contributed by atoms with E-state index in [0.29, 0.717) is 0 Å². The topological polar surface area (TPSA) is 6.48 Å². The van der Waals surface area contributed by atoms with Crippen molar-refractivity contribution in [3.05, 3.63) is 518 Å². The van der Waals surface area contributed by atoms with Crippen LogP contribution in [0.5, 0.6) is 0 Å². The molecule has 4 heteroatoms. The summed E-state index contributed by atoms with van der Waals surface area (Å²) >= 11 is 3.76. The minimum atomic E-state index is -0.442. The third-order valence-corrected chi connectivity index (χ3v) is 26.9. The van der Waals surface area contributed by atoms with Crippen molar-refractivity contribution >= 4 is 97.1 Å². The summed E-state index contributed by atoms with van der Waals surface area (Å²) in [6, 6.07) is 174. The van der Waals surface area contributed by atoms with Crippen LogP contribution in [0.25, 0.3) is 118 Å². The highest BCUT2D eigenvalue weighted by molar-refractivity contribution is 7.26. The Kier molecular flexibility index (Phi) is 18.2. The van der Waals surface area contributed by atoms with Crippen LogP contribution in [-0.4, -0.2) is 0 Å². The molecule has 0 unspecified atom stereocenters. The lowest BCUT2D eigenvalue weighted by atomic mass is 9.67. The van der Waals surface area contributed by atoms with E-state index in [0.717, 1.165) is 34.1 Å². The van der Waals surface area contributed by atoms with Gasteiger partial charge in [-0.1, -0.05) is 364 Å². The molecule has 0 saturated heterocycles. The van der Waals surface area contributed by atoms with Crippen LogP contribution < -0.4 is 9.80 Å². The van der Waals surface area contributed by atoms with E-state index in [1.807, 2.05) is 22.7 Å². The van der Waals surface area contributed by atoms with E-state index in [-0.39, 0.29) is 0 Å². The molecule has 2 heterocycles. The van der Waals surface area contributed by atoms with Crippen molar-refractivity contribution in [2.75, 3.05) is 9.80 Å². The van der Waals surface area contributed by atoms with Gasteiger partial charge in [0.2, 0.25) is 0 Å². The quantitative estimate of drug-likeness (QED) is 0.101. The molecule has 0 bridgehead atoms. The van der Waals surface area contributed by atoms with E-state index >= 15 is 0 Å². The second-order valence-electron chi connectivity index (χ2n) is 31.3. The van der Waals surface area contributed by atoms with E-state index in [9.17, 15) is 0 Å². The summed E-state index contributed by atoms with van der Waals surface area (Å²) in [4.78, 5) is 4.83. The van der Waals surface area contributed by atoms with E-state index in [4.69, 9.17) is 0 Å². The maximum absolute atomic E-state index is 2.48. The molecular weight excluding hydrogens is 1490 g/mol. The maximum atomic E-state index is 2.48. The highest BCUT2D eigenvalue weighted by Crippen LogP contribution is 2.59. The number of hydrogen-bond donors (Lipinski definition) is 0. The molecule has 2 aromatic heterocycles. The van der Waals surface area contributed by atoms with Gasteiger partial charge < -0.3 is 9.80 Å². The first kappa shape index (κ1) is 71.7. The Hall–Kier alpha value is -14.8. The average molecular weight is 1560 g/mol. The fraction of sp³-hybridized carbons (Fsp3) is 0.0172. The smallest absolute Gasteiger partial charge is 0.0714 e. The Balaban J connectivity index is 0.000000145. The number of hydrogen-bond acceptors (Lipinski definition) is 4. The van der Waals surface area contributed by atoms with Gasteiger partial charge in [-0.15, -0.1) is 22.7 Å². The Morgan fingerprint density at radius 2 is 0.450 bits per heavy atom. The molecule has 0 saturated carbocycles. The lowest BCUT2D eigenvalue weighted by molar-refractivity contribution is 0.770. The van der Waals surface area contributed by atoms with Crippen molar-refractivity contribution in [1.29, 1.82) is 0 Å². The molecule has 19 aromatic carbocycles. The predicted octanol–water partition coefficient (Wildman–Crippen LogP) is 32.1. The molecule has 2 aliphatic carbocycles. The van der Waals surface area contributed by atoms with E-state index in [1.54, 1.807) is 0 Å². The van der Waals surface area contributed by atoms with Crippen molar-refractivity contribution in [2.24, 2.45) is 0 Å². The number of rotatable bonds is 15. The van der Waals surface area contributed by atoms with Gasteiger partial charge in [0.15, 0.2) is 0 Å². The van der Waals surface area contributed by atoms with Gasteiger partial charge in [0.05, 0.1) is 10.8 Å². The fourth-order valence-electron chi connectivity index (χ4n) is 19.3.